The first-order valence-electron chi connectivity index (χ1n) is 8.94. The number of para-hydroxylation sites is 1. The van der Waals surface area contributed by atoms with Gasteiger partial charge in [-0.2, -0.15) is 0 Å². The van der Waals surface area contributed by atoms with Crippen LogP contribution in [0.2, 0.25) is 0 Å². The average Bonchev–Trinajstić information content (AvgIpc) is 2.71. The average molecular weight is 376 g/mol. The Bertz CT molecular complexity index is 912. The minimum absolute atomic E-state index is 0.146. The molecule has 2 aromatic carbocycles. The molecule has 2 N–H and O–H groups in total. The van der Waals surface area contributed by atoms with Crippen molar-refractivity contribution in [1.82, 2.24) is 10.6 Å². The number of ether oxygens (including phenoxy) is 1. The van der Waals surface area contributed by atoms with Crippen molar-refractivity contribution in [2.75, 3.05) is 7.05 Å². The SMILES string of the molecule is CC=CC(=CC)C(=O)NC(=Cc1cccc(Oc2ccccc2)c1)C(=O)NC. The molecule has 0 spiro atoms. The highest BCUT2D eigenvalue weighted by Crippen LogP contribution is 2.22. The predicted molar refractivity (Wildman–Crippen MR) is 112 cm³/mol. The Kier molecular flexibility index (Phi) is 7.78. The number of carbonyl (C=O) groups is 2. The lowest BCUT2D eigenvalue weighted by molar-refractivity contribution is -0.121. The van der Waals surface area contributed by atoms with Crippen molar-refractivity contribution in [2.24, 2.45) is 0 Å². The first-order chi connectivity index (χ1) is 13.6. The number of carbonyl (C=O) groups excluding carboxylic acids is 2. The molecule has 2 rings (SSSR count). The fourth-order valence-electron chi connectivity index (χ4n) is 2.43. The number of likely N-dealkylation sites (N-methyl/N-ethyl adjacent to an activating group) is 1. The number of rotatable bonds is 7. The predicted octanol–water partition coefficient (Wildman–Crippen LogP) is 4.20. The van der Waals surface area contributed by atoms with E-state index in [4.69, 9.17) is 4.74 Å². The molecule has 5 heteroatoms. The molecule has 0 saturated carbocycles. The molecule has 0 unspecified atom stereocenters. The molecule has 0 aliphatic rings. The molecule has 0 aliphatic carbocycles. The Morgan fingerprint density at radius 1 is 0.929 bits per heavy atom. The zero-order valence-electron chi connectivity index (χ0n) is 16.2. The molecule has 0 atom stereocenters. The lowest BCUT2D eigenvalue weighted by atomic mass is 10.1. The quantitative estimate of drug-likeness (QED) is 0.562. The van der Waals surface area contributed by atoms with Crippen LogP contribution in [0.4, 0.5) is 0 Å². The van der Waals surface area contributed by atoms with Gasteiger partial charge in [0.05, 0.1) is 0 Å². The molecule has 2 aromatic rings. The van der Waals surface area contributed by atoms with Gasteiger partial charge in [0.25, 0.3) is 11.8 Å². The van der Waals surface area contributed by atoms with E-state index in [2.05, 4.69) is 10.6 Å². The molecule has 0 saturated heterocycles. The van der Waals surface area contributed by atoms with E-state index >= 15 is 0 Å². The van der Waals surface area contributed by atoms with E-state index in [0.29, 0.717) is 17.1 Å². The first kappa shape index (κ1) is 20.7. The number of nitrogens with one attached hydrogen (secondary N) is 2. The Morgan fingerprint density at radius 3 is 2.29 bits per heavy atom. The Hall–Kier alpha value is -3.60. The highest BCUT2D eigenvalue weighted by molar-refractivity contribution is 6.05. The van der Waals surface area contributed by atoms with Crippen molar-refractivity contribution in [2.45, 2.75) is 13.8 Å². The maximum Gasteiger partial charge on any atom is 0.267 e. The molecule has 0 fully saturated rings. The fourth-order valence-corrected chi connectivity index (χ4v) is 2.43. The minimum Gasteiger partial charge on any atom is -0.457 e. The summed E-state index contributed by atoms with van der Waals surface area (Å²) < 4.78 is 5.82. The second-order valence-corrected chi connectivity index (χ2v) is 5.82. The van der Waals surface area contributed by atoms with Crippen LogP contribution in [0.3, 0.4) is 0 Å². The van der Waals surface area contributed by atoms with Crippen LogP contribution in [0, 0.1) is 0 Å². The van der Waals surface area contributed by atoms with E-state index in [1.54, 1.807) is 37.3 Å². The molecule has 144 valence electrons. The minimum atomic E-state index is -0.390. The van der Waals surface area contributed by atoms with Crippen LogP contribution in [-0.2, 0) is 9.59 Å². The molecular formula is C23H24N2O3. The lowest BCUT2D eigenvalue weighted by Crippen LogP contribution is -2.33. The number of amides is 2. The zero-order valence-corrected chi connectivity index (χ0v) is 16.2. The lowest BCUT2D eigenvalue weighted by Gasteiger charge is -2.10. The summed E-state index contributed by atoms with van der Waals surface area (Å²) in [6, 6.07) is 16.7. The summed E-state index contributed by atoms with van der Waals surface area (Å²) in [4.78, 5) is 24.7. The first-order valence-corrected chi connectivity index (χ1v) is 8.94. The highest BCUT2D eigenvalue weighted by atomic mass is 16.5. The van der Waals surface area contributed by atoms with Gasteiger partial charge in [-0.1, -0.05) is 48.6 Å². The van der Waals surface area contributed by atoms with Gasteiger partial charge in [0.15, 0.2) is 0 Å². The van der Waals surface area contributed by atoms with Crippen LogP contribution in [-0.4, -0.2) is 18.9 Å². The molecule has 0 heterocycles. The summed E-state index contributed by atoms with van der Waals surface area (Å²) in [5.74, 6) is 0.601. The van der Waals surface area contributed by atoms with E-state index in [1.807, 2.05) is 55.5 Å². The van der Waals surface area contributed by atoms with E-state index in [1.165, 1.54) is 7.05 Å². The Balaban J connectivity index is 2.27. The van der Waals surface area contributed by atoms with Crippen LogP contribution >= 0.6 is 0 Å². The largest absolute Gasteiger partial charge is 0.457 e. The maximum absolute atomic E-state index is 12.4. The van der Waals surface area contributed by atoms with Gasteiger partial charge in [-0.25, -0.2) is 0 Å². The number of benzene rings is 2. The second kappa shape index (κ2) is 10.5. The van der Waals surface area contributed by atoms with E-state index in [9.17, 15) is 9.59 Å². The summed E-state index contributed by atoms with van der Waals surface area (Å²) in [6.45, 7) is 3.59. The third kappa shape index (κ3) is 5.99. The maximum atomic E-state index is 12.4. The smallest absolute Gasteiger partial charge is 0.267 e. The van der Waals surface area contributed by atoms with Gasteiger partial charge in [0, 0.05) is 12.6 Å². The van der Waals surface area contributed by atoms with Crippen LogP contribution in [0.15, 0.2) is 84.1 Å². The fraction of sp³-hybridized carbons (Fsp3) is 0.130. The zero-order chi connectivity index (χ0) is 20.4. The molecular weight excluding hydrogens is 352 g/mol. The van der Waals surface area contributed by atoms with Crippen LogP contribution in [0.5, 0.6) is 11.5 Å². The van der Waals surface area contributed by atoms with Gasteiger partial charge in [0.2, 0.25) is 0 Å². The third-order valence-electron chi connectivity index (χ3n) is 3.79. The summed E-state index contributed by atoms with van der Waals surface area (Å²) >= 11 is 0. The van der Waals surface area contributed by atoms with Crippen molar-refractivity contribution in [3.8, 4) is 11.5 Å². The van der Waals surface area contributed by atoms with Gasteiger partial charge in [0.1, 0.15) is 17.2 Å². The highest BCUT2D eigenvalue weighted by Gasteiger charge is 2.13. The van der Waals surface area contributed by atoms with E-state index in [-0.39, 0.29) is 11.6 Å². The normalized spacial score (nSPS) is 12.0. The van der Waals surface area contributed by atoms with E-state index < -0.39 is 5.91 Å². The topological polar surface area (TPSA) is 67.4 Å². The summed E-state index contributed by atoms with van der Waals surface area (Å²) in [5.41, 5.74) is 1.34. The Morgan fingerprint density at radius 2 is 1.64 bits per heavy atom. The van der Waals surface area contributed by atoms with Crippen molar-refractivity contribution in [3.63, 3.8) is 0 Å². The molecule has 28 heavy (non-hydrogen) atoms. The van der Waals surface area contributed by atoms with Crippen molar-refractivity contribution < 1.29 is 14.3 Å². The van der Waals surface area contributed by atoms with Crippen molar-refractivity contribution >= 4 is 17.9 Å². The van der Waals surface area contributed by atoms with Crippen LogP contribution < -0.4 is 15.4 Å². The molecule has 0 aliphatic heterocycles. The second-order valence-electron chi connectivity index (χ2n) is 5.82. The molecule has 0 radical (unpaired) electrons. The Labute approximate surface area is 165 Å². The molecule has 5 nitrogen and oxygen atoms in total. The molecule has 2 amide bonds. The summed E-state index contributed by atoms with van der Waals surface area (Å²) in [5, 5.41) is 5.21. The summed E-state index contributed by atoms with van der Waals surface area (Å²) in [7, 11) is 1.51. The standard InChI is InChI=1S/C23H24N2O3/c1-4-10-18(5-2)22(26)25-21(23(27)24-3)16-17-11-9-14-20(15-17)28-19-12-7-6-8-13-19/h4-16H,1-3H3,(H,24,27)(H,25,26). The number of allylic oxidation sites excluding steroid dienone is 2. The monoisotopic (exact) mass is 376 g/mol. The molecule has 0 bridgehead atoms. The van der Waals surface area contributed by atoms with Crippen molar-refractivity contribution in [1.29, 1.82) is 0 Å². The molecule has 0 aromatic heterocycles. The van der Waals surface area contributed by atoms with Gasteiger partial charge < -0.3 is 15.4 Å². The number of hydrogen-bond acceptors (Lipinski definition) is 3. The van der Waals surface area contributed by atoms with Crippen LogP contribution in [0.25, 0.3) is 6.08 Å². The summed E-state index contributed by atoms with van der Waals surface area (Å²) in [6.07, 6.45) is 6.75. The van der Waals surface area contributed by atoms with E-state index in [0.717, 1.165) is 5.56 Å². The third-order valence-corrected chi connectivity index (χ3v) is 3.79. The van der Waals surface area contributed by atoms with Gasteiger partial charge in [-0.15, -0.1) is 0 Å². The van der Waals surface area contributed by atoms with Gasteiger partial charge in [-0.3, -0.25) is 9.59 Å². The van der Waals surface area contributed by atoms with Gasteiger partial charge in [-0.05, 0) is 49.8 Å². The number of hydrogen-bond donors (Lipinski definition) is 2. The van der Waals surface area contributed by atoms with Gasteiger partial charge >= 0.3 is 0 Å². The van der Waals surface area contributed by atoms with Crippen molar-refractivity contribution in [3.05, 3.63) is 89.7 Å². The van der Waals surface area contributed by atoms with Crippen LogP contribution in [0.1, 0.15) is 19.4 Å².